The molecule has 0 aromatic heterocycles. The highest BCUT2D eigenvalue weighted by atomic mass is 19.3. The van der Waals surface area contributed by atoms with Gasteiger partial charge in [0.05, 0.1) is 5.56 Å². The summed E-state index contributed by atoms with van der Waals surface area (Å²) in [6.07, 6.45) is 7.38. The third kappa shape index (κ3) is 5.03. The lowest BCUT2D eigenvalue weighted by molar-refractivity contribution is -0.0494. The van der Waals surface area contributed by atoms with Gasteiger partial charge in [0, 0.05) is 5.39 Å². The monoisotopic (exact) mass is 412 g/mol. The van der Waals surface area contributed by atoms with Crippen LogP contribution in [0.25, 0.3) is 21.9 Å². The van der Waals surface area contributed by atoms with E-state index in [0.717, 1.165) is 18.4 Å². The summed E-state index contributed by atoms with van der Waals surface area (Å²) in [6, 6.07) is 13.4. The molecule has 5 heteroatoms. The number of hydrogen-bond acceptors (Lipinski definition) is 2. The highest BCUT2D eigenvalue weighted by Crippen LogP contribution is 2.39. The summed E-state index contributed by atoms with van der Waals surface area (Å²) in [4.78, 5) is 0. The summed E-state index contributed by atoms with van der Waals surface area (Å²) in [5, 5.41) is 0.714. The Labute approximate surface area is 174 Å². The van der Waals surface area contributed by atoms with E-state index in [-0.39, 0.29) is 17.9 Å². The minimum absolute atomic E-state index is 0.0163. The largest absolute Gasteiger partial charge is 0.490 e. The van der Waals surface area contributed by atoms with Crippen molar-refractivity contribution in [1.82, 2.24) is 0 Å². The van der Waals surface area contributed by atoms with E-state index in [0.29, 0.717) is 22.1 Å². The van der Waals surface area contributed by atoms with Crippen LogP contribution in [-0.2, 0) is 6.42 Å². The molecule has 3 aromatic rings. The summed E-state index contributed by atoms with van der Waals surface area (Å²) >= 11 is 0. The van der Waals surface area contributed by atoms with Crippen LogP contribution < -0.4 is 9.47 Å². The Morgan fingerprint density at radius 2 is 1.83 bits per heavy atom. The molecule has 156 valence electrons. The average molecular weight is 412 g/mol. The maximum Gasteiger partial charge on any atom is 0.387 e. The number of hydrogen-bond donors (Lipinski definition) is 0. The van der Waals surface area contributed by atoms with Crippen LogP contribution in [0.1, 0.15) is 18.9 Å². The molecule has 0 saturated carbocycles. The van der Waals surface area contributed by atoms with E-state index in [4.69, 9.17) is 4.74 Å². The molecule has 0 radical (unpaired) electrons. The van der Waals surface area contributed by atoms with Gasteiger partial charge in [-0.1, -0.05) is 49.1 Å². The Morgan fingerprint density at radius 1 is 1.07 bits per heavy atom. The molecule has 3 rings (SSSR count). The van der Waals surface area contributed by atoms with E-state index in [1.165, 1.54) is 6.07 Å². The van der Waals surface area contributed by atoms with Crippen molar-refractivity contribution in [3.63, 3.8) is 0 Å². The maximum atomic E-state index is 15.4. The molecule has 2 nitrogen and oxygen atoms in total. The van der Waals surface area contributed by atoms with E-state index in [2.05, 4.69) is 17.4 Å². The summed E-state index contributed by atoms with van der Waals surface area (Å²) in [5.74, 6) is -0.333. The van der Waals surface area contributed by atoms with Crippen LogP contribution in [0, 0.1) is 5.82 Å². The van der Waals surface area contributed by atoms with Gasteiger partial charge >= 0.3 is 6.61 Å². The molecule has 0 fully saturated rings. The van der Waals surface area contributed by atoms with Gasteiger partial charge in [-0.25, -0.2) is 4.39 Å². The summed E-state index contributed by atoms with van der Waals surface area (Å²) in [5.41, 5.74) is 1.58. The predicted octanol–water partition coefficient (Wildman–Crippen LogP) is 7.32. The third-order valence-corrected chi connectivity index (χ3v) is 4.67. The topological polar surface area (TPSA) is 18.5 Å². The van der Waals surface area contributed by atoms with Gasteiger partial charge in [0.25, 0.3) is 0 Å². The van der Waals surface area contributed by atoms with Gasteiger partial charge in [0.15, 0.2) is 0 Å². The number of ether oxygens (including phenoxy) is 2. The predicted molar refractivity (Wildman–Crippen MR) is 115 cm³/mol. The highest BCUT2D eigenvalue weighted by Gasteiger charge is 2.19. The van der Waals surface area contributed by atoms with E-state index < -0.39 is 12.4 Å². The Kier molecular flexibility index (Phi) is 7.17. The zero-order valence-electron chi connectivity index (χ0n) is 16.7. The SMILES string of the molecule is C=CCOc1ccc2c(F)c(-c3ccc(CC/C=C/C)cc3)c(OC(F)F)cc2c1. The van der Waals surface area contributed by atoms with Gasteiger partial charge in [-0.05, 0) is 60.5 Å². The van der Waals surface area contributed by atoms with Crippen molar-refractivity contribution < 1.29 is 22.6 Å². The van der Waals surface area contributed by atoms with Crippen LogP contribution >= 0.6 is 0 Å². The van der Waals surface area contributed by atoms with Gasteiger partial charge in [0.2, 0.25) is 0 Å². The fourth-order valence-corrected chi connectivity index (χ4v) is 3.27. The number of fused-ring (bicyclic) bond motifs is 1. The minimum atomic E-state index is -3.07. The summed E-state index contributed by atoms with van der Waals surface area (Å²) < 4.78 is 51.6. The molecule has 0 unspecified atom stereocenters. The maximum absolute atomic E-state index is 15.4. The second-order valence-electron chi connectivity index (χ2n) is 6.73. The summed E-state index contributed by atoms with van der Waals surface area (Å²) in [7, 11) is 0. The van der Waals surface area contributed by atoms with Crippen molar-refractivity contribution in [1.29, 1.82) is 0 Å². The van der Waals surface area contributed by atoms with Crippen molar-refractivity contribution in [2.45, 2.75) is 26.4 Å². The van der Waals surface area contributed by atoms with E-state index in [9.17, 15) is 8.78 Å². The zero-order chi connectivity index (χ0) is 21.5. The third-order valence-electron chi connectivity index (χ3n) is 4.67. The lowest BCUT2D eigenvalue weighted by Gasteiger charge is -2.15. The van der Waals surface area contributed by atoms with Crippen LogP contribution in [0.2, 0.25) is 0 Å². The van der Waals surface area contributed by atoms with Crippen molar-refractivity contribution in [3.05, 3.63) is 84.7 Å². The molecule has 0 aliphatic heterocycles. The van der Waals surface area contributed by atoms with Crippen LogP contribution in [-0.4, -0.2) is 13.2 Å². The lowest BCUT2D eigenvalue weighted by Crippen LogP contribution is -2.05. The molecule has 0 saturated heterocycles. The van der Waals surface area contributed by atoms with Gasteiger partial charge < -0.3 is 9.47 Å². The van der Waals surface area contributed by atoms with Crippen LogP contribution in [0.3, 0.4) is 0 Å². The van der Waals surface area contributed by atoms with Crippen molar-refractivity contribution in [2.24, 2.45) is 0 Å². The van der Waals surface area contributed by atoms with Crippen molar-refractivity contribution in [3.8, 4) is 22.6 Å². The Hall–Kier alpha value is -3.21. The Balaban J connectivity index is 2.05. The first-order chi connectivity index (χ1) is 14.5. The molecular weight excluding hydrogens is 389 g/mol. The smallest absolute Gasteiger partial charge is 0.387 e. The fourth-order valence-electron chi connectivity index (χ4n) is 3.27. The number of aryl methyl sites for hydroxylation is 1. The molecule has 0 bridgehead atoms. The first-order valence-corrected chi connectivity index (χ1v) is 9.68. The van der Waals surface area contributed by atoms with Crippen molar-refractivity contribution >= 4 is 10.8 Å². The molecule has 30 heavy (non-hydrogen) atoms. The lowest BCUT2D eigenvalue weighted by atomic mass is 9.97. The second kappa shape index (κ2) is 10.0. The van der Waals surface area contributed by atoms with Crippen LogP contribution in [0.4, 0.5) is 13.2 Å². The molecule has 0 amide bonds. The number of allylic oxidation sites excluding steroid dienone is 2. The molecule has 3 aromatic carbocycles. The van der Waals surface area contributed by atoms with Gasteiger partial charge in [0.1, 0.15) is 23.9 Å². The first kappa shape index (κ1) is 21.5. The van der Waals surface area contributed by atoms with E-state index >= 15 is 4.39 Å². The first-order valence-electron chi connectivity index (χ1n) is 9.68. The average Bonchev–Trinajstić information content (AvgIpc) is 2.73. The molecule has 0 N–H and O–H groups in total. The molecule has 0 atom stereocenters. The van der Waals surface area contributed by atoms with Crippen LogP contribution in [0.15, 0.2) is 73.3 Å². The van der Waals surface area contributed by atoms with Crippen LogP contribution in [0.5, 0.6) is 11.5 Å². The fraction of sp³-hybridized carbons (Fsp3) is 0.200. The minimum Gasteiger partial charge on any atom is -0.490 e. The quantitative estimate of drug-likeness (QED) is 0.343. The Bertz CT molecular complexity index is 1040. The number of halogens is 3. The number of alkyl halides is 2. The second-order valence-corrected chi connectivity index (χ2v) is 6.73. The molecular formula is C25H23F3O2. The normalized spacial score (nSPS) is 11.4. The zero-order valence-corrected chi connectivity index (χ0v) is 16.7. The molecule has 0 aliphatic carbocycles. The summed E-state index contributed by atoms with van der Waals surface area (Å²) in [6.45, 7) is 2.76. The number of benzene rings is 3. The standard InChI is InChI=1S/C25H23F3O2/c1-3-5-6-7-17-8-10-18(11-9-17)23-22(30-25(27)28)16-19-15-20(29-14-4-2)12-13-21(19)24(23)26/h3-5,8-13,15-16,25H,2,6-7,14H2,1H3/b5-3+. The van der Waals surface area contributed by atoms with Crippen molar-refractivity contribution in [2.75, 3.05) is 6.61 Å². The Morgan fingerprint density at radius 3 is 2.50 bits per heavy atom. The van der Waals surface area contributed by atoms with Gasteiger partial charge in [-0.15, -0.1) is 0 Å². The van der Waals surface area contributed by atoms with E-state index in [1.54, 1.807) is 36.4 Å². The van der Waals surface area contributed by atoms with E-state index in [1.807, 2.05) is 25.1 Å². The molecule has 0 aliphatic rings. The molecule has 0 heterocycles. The van der Waals surface area contributed by atoms with Gasteiger partial charge in [-0.3, -0.25) is 0 Å². The van der Waals surface area contributed by atoms with Gasteiger partial charge in [-0.2, -0.15) is 8.78 Å². The highest BCUT2D eigenvalue weighted by molar-refractivity contribution is 5.92. The number of rotatable bonds is 9. The molecule has 0 spiro atoms.